The molecule has 0 radical (unpaired) electrons. The van der Waals surface area contributed by atoms with Gasteiger partial charge in [0.15, 0.2) is 0 Å². The average Bonchev–Trinajstić information content (AvgIpc) is 2.46. The normalized spacial score (nSPS) is 20.8. The Morgan fingerprint density at radius 3 is 2.70 bits per heavy atom. The highest BCUT2D eigenvalue weighted by atomic mass is 16.5. The van der Waals surface area contributed by atoms with E-state index in [1.807, 2.05) is 13.0 Å². The molecule has 0 aliphatic carbocycles. The Morgan fingerprint density at radius 2 is 2.05 bits per heavy atom. The third-order valence-electron chi connectivity index (χ3n) is 4.49. The number of ether oxygens (including phenoxy) is 2. The highest BCUT2D eigenvalue weighted by Crippen LogP contribution is 2.42. The molecule has 0 atom stereocenters. The molecule has 2 aliphatic rings. The summed E-state index contributed by atoms with van der Waals surface area (Å²) in [5.74, 6) is 0.792. The molecule has 0 unspecified atom stereocenters. The summed E-state index contributed by atoms with van der Waals surface area (Å²) in [6.45, 7) is 6.62. The van der Waals surface area contributed by atoms with Crippen molar-refractivity contribution in [3.63, 3.8) is 0 Å². The molecule has 4 heteroatoms. The van der Waals surface area contributed by atoms with Crippen molar-refractivity contribution in [1.29, 1.82) is 0 Å². The molecule has 1 aromatic rings. The minimum atomic E-state index is 0.0238. The molecule has 0 saturated carbocycles. The van der Waals surface area contributed by atoms with Gasteiger partial charge in [-0.3, -0.25) is 0 Å². The molecule has 1 N–H and O–H groups in total. The monoisotopic (exact) mass is 277 g/mol. The van der Waals surface area contributed by atoms with E-state index in [1.54, 1.807) is 0 Å². The SMILES string of the molecule is CCOc1ccc(N2CC3(CCOCC3)C2)cc1CO. The molecule has 2 saturated heterocycles. The lowest BCUT2D eigenvalue weighted by Crippen LogP contribution is -2.58. The van der Waals surface area contributed by atoms with Gasteiger partial charge in [0.1, 0.15) is 5.75 Å². The minimum absolute atomic E-state index is 0.0238. The fourth-order valence-corrected chi connectivity index (χ4v) is 3.25. The zero-order chi connectivity index (χ0) is 14.0. The first kappa shape index (κ1) is 13.7. The Kier molecular flexibility index (Phi) is 3.85. The van der Waals surface area contributed by atoms with E-state index in [1.165, 1.54) is 18.5 Å². The summed E-state index contributed by atoms with van der Waals surface area (Å²) in [6, 6.07) is 6.12. The van der Waals surface area contributed by atoms with Crippen LogP contribution in [0.5, 0.6) is 5.75 Å². The van der Waals surface area contributed by atoms with Crippen molar-refractivity contribution < 1.29 is 14.6 Å². The standard InChI is InChI=1S/C16H23NO3/c1-2-20-15-4-3-14(9-13(15)10-18)17-11-16(12-17)5-7-19-8-6-16/h3-4,9,18H,2,5-8,10-12H2,1H3. The molecule has 20 heavy (non-hydrogen) atoms. The van der Waals surface area contributed by atoms with Gasteiger partial charge in [-0.1, -0.05) is 0 Å². The molecule has 0 bridgehead atoms. The molecule has 1 spiro atoms. The largest absolute Gasteiger partial charge is 0.494 e. The van der Waals surface area contributed by atoms with Gasteiger partial charge in [-0.25, -0.2) is 0 Å². The van der Waals surface area contributed by atoms with Crippen molar-refractivity contribution in [3.8, 4) is 5.75 Å². The van der Waals surface area contributed by atoms with Crippen molar-refractivity contribution >= 4 is 5.69 Å². The Hall–Kier alpha value is -1.26. The third-order valence-corrected chi connectivity index (χ3v) is 4.49. The highest BCUT2D eigenvalue weighted by Gasteiger charge is 2.43. The minimum Gasteiger partial charge on any atom is -0.494 e. The van der Waals surface area contributed by atoms with Gasteiger partial charge in [0.05, 0.1) is 13.2 Å². The predicted octanol–water partition coefficient (Wildman–Crippen LogP) is 2.19. The number of benzene rings is 1. The number of anilines is 1. The van der Waals surface area contributed by atoms with Crippen LogP contribution in [0.3, 0.4) is 0 Å². The van der Waals surface area contributed by atoms with Crippen LogP contribution in [0, 0.1) is 5.41 Å². The molecule has 4 nitrogen and oxygen atoms in total. The molecule has 2 heterocycles. The Labute approximate surface area is 120 Å². The predicted molar refractivity (Wildman–Crippen MR) is 78.2 cm³/mol. The second-order valence-corrected chi connectivity index (χ2v) is 5.85. The maximum absolute atomic E-state index is 9.47. The van der Waals surface area contributed by atoms with Gasteiger partial charge in [-0.15, -0.1) is 0 Å². The summed E-state index contributed by atoms with van der Waals surface area (Å²) in [5.41, 5.74) is 2.53. The number of nitrogens with zero attached hydrogens (tertiary/aromatic N) is 1. The lowest BCUT2D eigenvalue weighted by atomic mass is 9.73. The average molecular weight is 277 g/mol. The second kappa shape index (κ2) is 5.62. The van der Waals surface area contributed by atoms with Crippen molar-refractivity contribution in [2.75, 3.05) is 37.8 Å². The van der Waals surface area contributed by atoms with E-state index in [0.29, 0.717) is 12.0 Å². The quantitative estimate of drug-likeness (QED) is 0.916. The maximum Gasteiger partial charge on any atom is 0.124 e. The van der Waals surface area contributed by atoms with E-state index < -0.39 is 0 Å². The van der Waals surface area contributed by atoms with E-state index in [9.17, 15) is 5.11 Å². The van der Waals surface area contributed by atoms with Crippen LogP contribution in [0.15, 0.2) is 18.2 Å². The Bertz CT molecular complexity index is 461. The van der Waals surface area contributed by atoms with Gasteiger partial charge in [0.2, 0.25) is 0 Å². The van der Waals surface area contributed by atoms with Crippen LogP contribution >= 0.6 is 0 Å². The van der Waals surface area contributed by atoms with Gasteiger partial charge in [-0.05, 0) is 38.0 Å². The maximum atomic E-state index is 9.47. The lowest BCUT2D eigenvalue weighted by Gasteiger charge is -2.53. The lowest BCUT2D eigenvalue weighted by molar-refractivity contribution is -0.000200. The van der Waals surface area contributed by atoms with Gasteiger partial charge in [0.25, 0.3) is 0 Å². The highest BCUT2D eigenvalue weighted by molar-refractivity contribution is 5.55. The van der Waals surface area contributed by atoms with Crippen molar-refractivity contribution in [1.82, 2.24) is 0 Å². The molecular formula is C16H23NO3. The first-order valence-corrected chi connectivity index (χ1v) is 7.46. The molecule has 0 amide bonds. The van der Waals surface area contributed by atoms with Crippen LogP contribution in [-0.4, -0.2) is 38.0 Å². The van der Waals surface area contributed by atoms with Crippen molar-refractivity contribution in [3.05, 3.63) is 23.8 Å². The van der Waals surface area contributed by atoms with E-state index in [0.717, 1.165) is 37.6 Å². The van der Waals surface area contributed by atoms with Crippen LogP contribution in [-0.2, 0) is 11.3 Å². The number of hydrogen-bond donors (Lipinski definition) is 1. The first-order chi connectivity index (χ1) is 9.76. The Morgan fingerprint density at radius 1 is 1.30 bits per heavy atom. The first-order valence-electron chi connectivity index (χ1n) is 7.46. The zero-order valence-electron chi connectivity index (χ0n) is 12.1. The van der Waals surface area contributed by atoms with Crippen LogP contribution in [0.1, 0.15) is 25.3 Å². The summed E-state index contributed by atoms with van der Waals surface area (Å²) in [6.07, 6.45) is 2.35. The molecule has 1 aromatic carbocycles. The number of hydrogen-bond acceptors (Lipinski definition) is 4. The third kappa shape index (κ3) is 2.50. The molecular weight excluding hydrogens is 254 g/mol. The molecule has 3 rings (SSSR count). The summed E-state index contributed by atoms with van der Waals surface area (Å²) in [7, 11) is 0. The van der Waals surface area contributed by atoms with Crippen LogP contribution in [0.25, 0.3) is 0 Å². The summed E-state index contributed by atoms with van der Waals surface area (Å²) in [5, 5.41) is 9.47. The molecule has 110 valence electrons. The Balaban J connectivity index is 1.69. The van der Waals surface area contributed by atoms with E-state index in [4.69, 9.17) is 9.47 Å². The van der Waals surface area contributed by atoms with Gasteiger partial charge < -0.3 is 19.5 Å². The van der Waals surface area contributed by atoms with Gasteiger partial charge in [0, 0.05) is 43.0 Å². The second-order valence-electron chi connectivity index (χ2n) is 5.85. The fraction of sp³-hybridized carbons (Fsp3) is 0.625. The van der Waals surface area contributed by atoms with Crippen molar-refractivity contribution in [2.45, 2.75) is 26.4 Å². The summed E-state index contributed by atoms with van der Waals surface area (Å²) < 4.78 is 11.0. The smallest absolute Gasteiger partial charge is 0.124 e. The van der Waals surface area contributed by atoms with E-state index in [2.05, 4.69) is 17.0 Å². The number of aliphatic hydroxyl groups is 1. The summed E-state index contributed by atoms with van der Waals surface area (Å²) in [4.78, 5) is 2.39. The number of rotatable bonds is 4. The van der Waals surface area contributed by atoms with Crippen LogP contribution < -0.4 is 9.64 Å². The topological polar surface area (TPSA) is 41.9 Å². The molecule has 2 fully saturated rings. The van der Waals surface area contributed by atoms with E-state index in [-0.39, 0.29) is 6.61 Å². The number of aliphatic hydroxyl groups excluding tert-OH is 1. The van der Waals surface area contributed by atoms with Crippen molar-refractivity contribution in [2.24, 2.45) is 5.41 Å². The fourth-order valence-electron chi connectivity index (χ4n) is 3.25. The van der Waals surface area contributed by atoms with E-state index >= 15 is 0 Å². The molecule has 2 aliphatic heterocycles. The van der Waals surface area contributed by atoms with Crippen LogP contribution in [0.2, 0.25) is 0 Å². The summed E-state index contributed by atoms with van der Waals surface area (Å²) >= 11 is 0. The van der Waals surface area contributed by atoms with Gasteiger partial charge in [-0.2, -0.15) is 0 Å². The van der Waals surface area contributed by atoms with Gasteiger partial charge >= 0.3 is 0 Å². The molecule has 0 aromatic heterocycles. The van der Waals surface area contributed by atoms with Crippen LogP contribution in [0.4, 0.5) is 5.69 Å². The zero-order valence-corrected chi connectivity index (χ0v) is 12.1.